The van der Waals surface area contributed by atoms with Crippen molar-refractivity contribution in [2.75, 3.05) is 13.7 Å². The summed E-state index contributed by atoms with van der Waals surface area (Å²) in [5.41, 5.74) is 1.27. The highest BCUT2D eigenvalue weighted by molar-refractivity contribution is 5.26. The highest BCUT2D eigenvalue weighted by Gasteiger charge is 2.21. The second kappa shape index (κ2) is 6.03. The van der Waals surface area contributed by atoms with E-state index in [9.17, 15) is 5.11 Å². The van der Waals surface area contributed by atoms with E-state index in [0.717, 1.165) is 38.1 Å². The normalized spacial score (nSPS) is 23.9. The van der Waals surface area contributed by atoms with E-state index in [1.54, 1.807) is 7.11 Å². The highest BCUT2D eigenvalue weighted by Crippen LogP contribution is 2.24. The van der Waals surface area contributed by atoms with Gasteiger partial charge in [0.25, 0.3) is 0 Å². The Kier molecular flexibility index (Phi) is 4.40. The quantitative estimate of drug-likeness (QED) is 0.819. The summed E-state index contributed by atoms with van der Waals surface area (Å²) >= 11 is 0. The van der Waals surface area contributed by atoms with Gasteiger partial charge in [-0.15, -0.1) is 0 Å². The van der Waals surface area contributed by atoms with Crippen LogP contribution in [0.5, 0.6) is 5.75 Å². The minimum Gasteiger partial charge on any atom is -0.497 e. The average molecular weight is 235 g/mol. The van der Waals surface area contributed by atoms with Crippen LogP contribution in [0.25, 0.3) is 0 Å². The van der Waals surface area contributed by atoms with E-state index in [1.807, 2.05) is 12.1 Å². The lowest BCUT2D eigenvalue weighted by molar-refractivity contribution is 0.177. The summed E-state index contributed by atoms with van der Waals surface area (Å²) in [5, 5.41) is 12.9. The molecule has 0 aliphatic heterocycles. The molecule has 2 N–H and O–H groups in total. The van der Waals surface area contributed by atoms with E-state index in [4.69, 9.17) is 4.74 Å². The van der Waals surface area contributed by atoms with Gasteiger partial charge in [0.2, 0.25) is 0 Å². The first-order chi connectivity index (χ1) is 8.28. The second-order valence-electron chi connectivity index (χ2n) is 4.81. The molecule has 2 unspecified atom stereocenters. The van der Waals surface area contributed by atoms with E-state index in [2.05, 4.69) is 17.4 Å². The molecule has 0 spiro atoms. The summed E-state index contributed by atoms with van der Waals surface area (Å²) in [7, 11) is 1.68. The largest absolute Gasteiger partial charge is 0.497 e. The molecule has 1 saturated carbocycles. The average Bonchev–Trinajstić information content (AvgIpc) is 2.76. The molecule has 1 aromatic carbocycles. The molecule has 1 aromatic rings. The van der Waals surface area contributed by atoms with E-state index in [-0.39, 0.29) is 6.10 Å². The van der Waals surface area contributed by atoms with Crippen molar-refractivity contribution in [2.45, 2.75) is 31.9 Å². The van der Waals surface area contributed by atoms with Crippen LogP contribution in [-0.4, -0.2) is 24.9 Å². The fourth-order valence-electron chi connectivity index (χ4n) is 2.40. The summed E-state index contributed by atoms with van der Waals surface area (Å²) in [5.74, 6) is 1.54. The Hall–Kier alpha value is -1.06. The van der Waals surface area contributed by atoms with Crippen LogP contribution in [0.3, 0.4) is 0 Å². The molecule has 3 nitrogen and oxygen atoms in total. The molecule has 1 aliphatic rings. The van der Waals surface area contributed by atoms with Gasteiger partial charge in [0.05, 0.1) is 13.2 Å². The van der Waals surface area contributed by atoms with Gasteiger partial charge in [-0.05, 0) is 49.4 Å². The lowest BCUT2D eigenvalue weighted by Gasteiger charge is -2.11. The fourth-order valence-corrected chi connectivity index (χ4v) is 2.40. The molecule has 94 valence electrons. The maximum Gasteiger partial charge on any atom is 0.118 e. The van der Waals surface area contributed by atoms with Crippen LogP contribution in [0.15, 0.2) is 24.3 Å². The Bertz CT molecular complexity index is 337. The topological polar surface area (TPSA) is 41.5 Å². The maximum atomic E-state index is 9.43. The SMILES string of the molecule is COc1ccc(CNCC2CCC(O)C2)cc1. The van der Waals surface area contributed by atoms with E-state index in [1.165, 1.54) is 5.56 Å². The van der Waals surface area contributed by atoms with Gasteiger partial charge in [-0.3, -0.25) is 0 Å². The van der Waals surface area contributed by atoms with Crippen molar-refractivity contribution in [2.24, 2.45) is 5.92 Å². The minimum absolute atomic E-state index is 0.0669. The van der Waals surface area contributed by atoms with Gasteiger partial charge in [-0.1, -0.05) is 12.1 Å². The Balaban J connectivity index is 1.70. The van der Waals surface area contributed by atoms with Crippen molar-refractivity contribution in [1.82, 2.24) is 5.32 Å². The number of aliphatic hydroxyl groups excluding tert-OH is 1. The van der Waals surface area contributed by atoms with Crippen LogP contribution < -0.4 is 10.1 Å². The highest BCUT2D eigenvalue weighted by atomic mass is 16.5. The first kappa shape index (κ1) is 12.4. The van der Waals surface area contributed by atoms with Crippen LogP contribution in [0, 0.1) is 5.92 Å². The van der Waals surface area contributed by atoms with E-state index < -0.39 is 0 Å². The van der Waals surface area contributed by atoms with Crippen molar-refractivity contribution >= 4 is 0 Å². The standard InChI is InChI=1S/C14H21NO2/c1-17-14-6-3-11(4-7-14)9-15-10-12-2-5-13(16)8-12/h3-4,6-7,12-13,15-16H,2,5,8-10H2,1H3. The molecule has 0 heterocycles. The van der Waals surface area contributed by atoms with Crippen LogP contribution in [0.2, 0.25) is 0 Å². The van der Waals surface area contributed by atoms with Gasteiger partial charge in [0.15, 0.2) is 0 Å². The monoisotopic (exact) mass is 235 g/mol. The first-order valence-electron chi connectivity index (χ1n) is 6.29. The Morgan fingerprint density at radius 2 is 2.06 bits per heavy atom. The zero-order valence-corrected chi connectivity index (χ0v) is 10.4. The molecule has 3 heteroatoms. The zero-order valence-electron chi connectivity index (χ0n) is 10.4. The lowest BCUT2D eigenvalue weighted by atomic mass is 10.1. The van der Waals surface area contributed by atoms with Gasteiger partial charge in [-0.25, -0.2) is 0 Å². The van der Waals surface area contributed by atoms with Crippen molar-refractivity contribution in [3.8, 4) is 5.75 Å². The number of hydrogen-bond donors (Lipinski definition) is 2. The molecule has 0 amide bonds. The molecule has 1 aliphatic carbocycles. The predicted molar refractivity (Wildman–Crippen MR) is 68.0 cm³/mol. The first-order valence-corrected chi connectivity index (χ1v) is 6.29. The van der Waals surface area contributed by atoms with Crippen LogP contribution in [-0.2, 0) is 6.54 Å². The number of nitrogens with one attached hydrogen (secondary N) is 1. The molecule has 0 aromatic heterocycles. The van der Waals surface area contributed by atoms with Gasteiger partial charge in [0.1, 0.15) is 5.75 Å². The number of ether oxygens (including phenoxy) is 1. The molecular weight excluding hydrogens is 214 g/mol. The summed E-state index contributed by atoms with van der Waals surface area (Å²) in [6.45, 7) is 1.89. The Labute approximate surface area is 103 Å². The number of hydrogen-bond acceptors (Lipinski definition) is 3. The number of rotatable bonds is 5. The summed E-state index contributed by atoms with van der Waals surface area (Å²) in [6, 6.07) is 8.12. The predicted octanol–water partition coefficient (Wildman–Crippen LogP) is 1.95. The molecule has 1 fully saturated rings. The van der Waals surface area contributed by atoms with Crippen molar-refractivity contribution in [3.05, 3.63) is 29.8 Å². The van der Waals surface area contributed by atoms with Gasteiger partial charge < -0.3 is 15.2 Å². The third-order valence-electron chi connectivity index (χ3n) is 3.43. The van der Waals surface area contributed by atoms with E-state index in [0.29, 0.717) is 5.92 Å². The van der Waals surface area contributed by atoms with Crippen molar-refractivity contribution in [3.63, 3.8) is 0 Å². The van der Waals surface area contributed by atoms with Gasteiger partial charge in [0, 0.05) is 6.54 Å². The fraction of sp³-hybridized carbons (Fsp3) is 0.571. The smallest absolute Gasteiger partial charge is 0.118 e. The number of benzene rings is 1. The molecule has 2 rings (SSSR count). The zero-order chi connectivity index (χ0) is 12.1. The third kappa shape index (κ3) is 3.72. The van der Waals surface area contributed by atoms with Crippen LogP contribution in [0.4, 0.5) is 0 Å². The minimum atomic E-state index is -0.0669. The van der Waals surface area contributed by atoms with Crippen LogP contribution in [0.1, 0.15) is 24.8 Å². The summed E-state index contributed by atoms with van der Waals surface area (Å²) in [6.07, 6.45) is 3.00. The summed E-state index contributed by atoms with van der Waals surface area (Å²) < 4.78 is 5.12. The van der Waals surface area contributed by atoms with Crippen LogP contribution >= 0.6 is 0 Å². The van der Waals surface area contributed by atoms with Gasteiger partial charge >= 0.3 is 0 Å². The van der Waals surface area contributed by atoms with Gasteiger partial charge in [-0.2, -0.15) is 0 Å². The molecule has 0 radical (unpaired) electrons. The molecular formula is C14H21NO2. The molecule has 0 bridgehead atoms. The molecule has 2 atom stereocenters. The summed E-state index contributed by atoms with van der Waals surface area (Å²) in [4.78, 5) is 0. The Morgan fingerprint density at radius 3 is 2.65 bits per heavy atom. The number of aliphatic hydroxyl groups is 1. The third-order valence-corrected chi connectivity index (χ3v) is 3.43. The Morgan fingerprint density at radius 1 is 1.29 bits per heavy atom. The number of methoxy groups -OCH3 is 1. The molecule has 17 heavy (non-hydrogen) atoms. The maximum absolute atomic E-state index is 9.43. The second-order valence-corrected chi connectivity index (χ2v) is 4.81. The van der Waals surface area contributed by atoms with E-state index >= 15 is 0 Å². The van der Waals surface area contributed by atoms with Crippen molar-refractivity contribution < 1.29 is 9.84 Å². The lowest BCUT2D eigenvalue weighted by Crippen LogP contribution is -2.21. The molecule has 0 saturated heterocycles. The van der Waals surface area contributed by atoms with Crippen molar-refractivity contribution in [1.29, 1.82) is 0 Å².